The fourth-order valence-corrected chi connectivity index (χ4v) is 3.22. The molecule has 2 aromatic carbocycles. The van der Waals surface area contributed by atoms with Crippen LogP contribution < -0.4 is 0 Å². The van der Waals surface area contributed by atoms with Crippen molar-refractivity contribution < 1.29 is 10.2 Å². The predicted octanol–water partition coefficient (Wildman–Crippen LogP) is 6.17. The fraction of sp³-hybridized carbons (Fsp3) is 0.455. The molecule has 0 amide bonds. The molecule has 2 N–H and O–H groups in total. The van der Waals surface area contributed by atoms with Crippen LogP contribution in [0.3, 0.4) is 0 Å². The van der Waals surface area contributed by atoms with E-state index in [4.69, 9.17) is 0 Å². The van der Waals surface area contributed by atoms with Gasteiger partial charge in [-0.3, -0.25) is 0 Å². The zero-order chi connectivity index (χ0) is 17.2. The Morgan fingerprint density at radius 1 is 0.708 bits per heavy atom. The molecule has 1 atom stereocenters. The fourth-order valence-electron chi connectivity index (χ4n) is 3.22. The quantitative estimate of drug-likeness (QED) is 0.512. The van der Waals surface area contributed by atoms with Gasteiger partial charge in [0, 0.05) is 0 Å². The van der Waals surface area contributed by atoms with Gasteiger partial charge >= 0.3 is 0 Å². The maximum absolute atomic E-state index is 9.53. The largest absolute Gasteiger partial charge is 0.508 e. The van der Waals surface area contributed by atoms with Crippen molar-refractivity contribution in [1.82, 2.24) is 0 Å². The summed E-state index contributed by atoms with van der Waals surface area (Å²) < 4.78 is 0. The van der Waals surface area contributed by atoms with Gasteiger partial charge in [-0.15, -0.1) is 0 Å². The first-order valence-electron chi connectivity index (χ1n) is 9.26. The van der Waals surface area contributed by atoms with Gasteiger partial charge in [-0.2, -0.15) is 0 Å². The summed E-state index contributed by atoms with van der Waals surface area (Å²) in [7, 11) is 0. The second kappa shape index (κ2) is 10.0. The van der Waals surface area contributed by atoms with Crippen molar-refractivity contribution in [2.45, 2.75) is 64.2 Å². The highest BCUT2D eigenvalue weighted by Crippen LogP contribution is 2.28. The Bertz CT molecular complexity index is 572. The van der Waals surface area contributed by atoms with Crippen LogP contribution in [0, 0.1) is 0 Å². The summed E-state index contributed by atoms with van der Waals surface area (Å²) in [4.78, 5) is 0. The summed E-state index contributed by atoms with van der Waals surface area (Å²) in [6.07, 6.45) is 9.98. The topological polar surface area (TPSA) is 40.5 Å². The zero-order valence-electron chi connectivity index (χ0n) is 14.7. The van der Waals surface area contributed by atoms with E-state index < -0.39 is 0 Å². The Morgan fingerprint density at radius 3 is 1.88 bits per heavy atom. The summed E-state index contributed by atoms with van der Waals surface area (Å²) in [5.74, 6) is 1.10. The second-order valence-electron chi connectivity index (χ2n) is 6.72. The minimum atomic E-state index is 0.316. The molecule has 2 aromatic rings. The van der Waals surface area contributed by atoms with Gasteiger partial charge in [0.1, 0.15) is 11.5 Å². The molecule has 2 rings (SSSR count). The molecule has 130 valence electrons. The van der Waals surface area contributed by atoms with Crippen LogP contribution in [0.5, 0.6) is 11.5 Å². The van der Waals surface area contributed by atoms with Gasteiger partial charge in [0.15, 0.2) is 0 Å². The minimum absolute atomic E-state index is 0.316. The number of benzene rings is 2. The first-order chi connectivity index (χ1) is 11.7. The van der Waals surface area contributed by atoms with Gasteiger partial charge < -0.3 is 10.2 Å². The lowest BCUT2D eigenvalue weighted by Gasteiger charge is -2.18. The number of hydrogen-bond donors (Lipinski definition) is 2. The van der Waals surface area contributed by atoms with E-state index in [1.807, 2.05) is 24.3 Å². The van der Waals surface area contributed by atoms with E-state index in [9.17, 15) is 10.2 Å². The van der Waals surface area contributed by atoms with Gasteiger partial charge in [-0.25, -0.2) is 0 Å². The maximum atomic E-state index is 9.53. The van der Waals surface area contributed by atoms with Crippen LogP contribution in [0.1, 0.15) is 68.9 Å². The molecule has 0 aliphatic heterocycles. The van der Waals surface area contributed by atoms with E-state index in [0.29, 0.717) is 17.4 Å². The third-order valence-electron chi connectivity index (χ3n) is 4.69. The average molecular weight is 326 g/mol. The van der Waals surface area contributed by atoms with Crippen LogP contribution in [0.15, 0.2) is 48.5 Å². The molecular weight excluding hydrogens is 296 g/mol. The third kappa shape index (κ3) is 6.27. The zero-order valence-corrected chi connectivity index (χ0v) is 14.7. The average Bonchev–Trinajstić information content (AvgIpc) is 2.59. The van der Waals surface area contributed by atoms with Crippen molar-refractivity contribution in [3.8, 4) is 11.5 Å². The second-order valence-corrected chi connectivity index (χ2v) is 6.72. The van der Waals surface area contributed by atoms with E-state index in [2.05, 4.69) is 6.92 Å². The van der Waals surface area contributed by atoms with Gasteiger partial charge in [0.2, 0.25) is 0 Å². The summed E-state index contributed by atoms with van der Waals surface area (Å²) in [5, 5.41) is 19.0. The summed E-state index contributed by atoms with van der Waals surface area (Å²) in [6.45, 7) is 2.25. The van der Waals surface area contributed by atoms with Crippen molar-refractivity contribution in [2.24, 2.45) is 0 Å². The molecule has 1 unspecified atom stereocenters. The molecule has 0 aromatic heterocycles. The third-order valence-corrected chi connectivity index (χ3v) is 4.69. The number of phenolic OH excluding ortho intramolecular Hbond substituents is 2. The normalized spacial score (nSPS) is 12.2. The summed E-state index contributed by atoms with van der Waals surface area (Å²) in [6, 6.07) is 15.2. The van der Waals surface area contributed by atoms with E-state index in [1.165, 1.54) is 49.7 Å². The van der Waals surface area contributed by atoms with Crippen molar-refractivity contribution in [2.75, 3.05) is 0 Å². The van der Waals surface area contributed by atoms with Crippen molar-refractivity contribution in [1.29, 1.82) is 0 Å². The molecular formula is C22H30O2. The van der Waals surface area contributed by atoms with Crippen LogP contribution in [0.2, 0.25) is 0 Å². The summed E-state index contributed by atoms with van der Waals surface area (Å²) in [5.41, 5.74) is 2.53. The first-order valence-corrected chi connectivity index (χ1v) is 9.26. The SMILES string of the molecule is CCCCCCCCC(Cc1ccc(O)cc1)c1ccc(O)cc1. The molecule has 0 aliphatic rings. The Morgan fingerprint density at radius 2 is 1.25 bits per heavy atom. The van der Waals surface area contributed by atoms with Gasteiger partial charge in [-0.1, -0.05) is 69.7 Å². The van der Waals surface area contributed by atoms with E-state index >= 15 is 0 Å². The standard InChI is InChI=1S/C22H30O2/c1-2-3-4-5-6-7-8-20(19-11-15-22(24)16-12-19)17-18-9-13-21(23)14-10-18/h9-16,20,23-24H,2-8,17H2,1H3. The molecule has 0 spiro atoms. The molecule has 2 nitrogen and oxygen atoms in total. The predicted molar refractivity (Wildman–Crippen MR) is 101 cm³/mol. The Kier molecular flexibility index (Phi) is 7.67. The molecule has 0 saturated heterocycles. The molecule has 2 heteroatoms. The number of aromatic hydroxyl groups is 2. The van der Waals surface area contributed by atoms with Gasteiger partial charge in [0.25, 0.3) is 0 Å². The lowest BCUT2D eigenvalue weighted by Crippen LogP contribution is -2.03. The molecule has 0 bridgehead atoms. The molecule has 24 heavy (non-hydrogen) atoms. The molecule has 0 saturated carbocycles. The van der Waals surface area contributed by atoms with Crippen LogP contribution in [0.25, 0.3) is 0 Å². The highest BCUT2D eigenvalue weighted by molar-refractivity contribution is 5.31. The van der Waals surface area contributed by atoms with Crippen molar-refractivity contribution in [3.05, 3.63) is 59.7 Å². The van der Waals surface area contributed by atoms with Crippen LogP contribution in [0.4, 0.5) is 0 Å². The summed E-state index contributed by atoms with van der Waals surface area (Å²) >= 11 is 0. The lowest BCUT2D eigenvalue weighted by molar-refractivity contribution is 0.473. The highest BCUT2D eigenvalue weighted by atomic mass is 16.3. The molecule has 0 heterocycles. The van der Waals surface area contributed by atoms with E-state index in [-0.39, 0.29) is 0 Å². The molecule has 0 aliphatic carbocycles. The number of unbranched alkanes of at least 4 members (excludes halogenated alkanes) is 5. The lowest BCUT2D eigenvalue weighted by atomic mass is 9.87. The Labute approximate surface area is 146 Å². The van der Waals surface area contributed by atoms with E-state index in [1.54, 1.807) is 24.3 Å². The number of hydrogen-bond acceptors (Lipinski definition) is 2. The smallest absolute Gasteiger partial charge is 0.115 e. The van der Waals surface area contributed by atoms with Crippen LogP contribution in [-0.4, -0.2) is 10.2 Å². The van der Waals surface area contributed by atoms with Gasteiger partial charge in [0.05, 0.1) is 0 Å². The monoisotopic (exact) mass is 326 g/mol. The Hall–Kier alpha value is -1.96. The first kappa shape index (κ1) is 18.4. The van der Waals surface area contributed by atoms with Crippen LogP contribution >= 0.6 is 0 Å². The van der Waals surface area contributed by atoms with E-state index in [0.717, 1.165) is 12.8 Å². The van der Waals surface area contributed by atoms with Crippen LogP contribution in [-0.2, 0) is 6.42 Å². The highest BCUT2D eigenvalue weighted by Gasteiger charge is 2.12. The number of phenols is 2. The van der Waals surface area contributed by atoms with Crippen molar-refractivity contribution in [3.63, 3.8) is 0 Å². The van der Waals surface area contributed by atoms with Gasteiger partial charge in [-0.05, 0) is 54.2 Å². The molecule has 0 fully saturated rings. The Balaban J connectivity index is 1.95. The minimum Gasteiger partial charge on any atom is -0.508 e. The number of rotatable bonds is 10. The van der Waals surface area contributed by atoms with Crippen molar-refractivity contribution >= 4 is 0 Å². The maximum Gasteiger partial charge on any atom is 0.115 e. The molecule has 0 radical (unpaired) electrons.